The van der Waals surface area contributed by atoms with Gasteiger partial charge in [0.1, 0.15) is 0 Å². The molecular formula is C22H25N3O3S2. The van der Waals surface area contributed by atoms with Gasteiger partial charge in [-0.3, -0.25) is 4.79 Å². The summed E-state index contributed by atoms with van der Waals surface area (Å²) < 4.78 is 23.1. The number of benzene rings is 2. The second-order valence-corrected chi connectivity index (χ2v) is 9.96. The van der Waals surface area contributed by atoms with Crippen molar-refractivity contribution >= 4 is 43.6 Å². The van der Waals surface area contributed by atoms with Gasteiger partial charge < -0.3 is 10.6 Å². The van der Waals surface area contributed by atoms with E-state index in [-0.39, 0.29) is 17.2 Å². The minimum absolute atomic E-state index is 0.120. The predicted octanol–water partition coefficient (Wildman–Crippen LogP) is 4.81. The number of aryl methyl sites for hydroxylation is 1. The number of unbranched alkanes of at least 4 members (excludes halogenated alkanes) is 1. The van der Waals surface area contributed by atoms with E-state index < -0.39 is 9.84 Å². The van der Waals surface area contributed by atoms with Gasteiger partial charge in [0.15, 0.2) is 15.0 Å². The van der Waals surface area contributed by atoms with Crippen LogP contribution in [-0.2, 0) is 27.5 Å². The summed E-state index contributed by atoms with van der Waals surface area (Å²) in [6.45, 7) is 2.17. The van der Waals surface area contributed by atoms with Crippen molar-refractivity contribution in [3.63, 3.8) is 0 Å². The number of carbonyl (C=O) groups is 1. The lowest BCUT2D eigenvalue weighted by atomic mass is 10.1. The van der Waals surface area contributed by atoms with Crippen LogP contribution in [-0.4, -0.2) is 25.6 Å². The van der Waals surface area contributed by atoms with Crippen LogP contribution in [0.4, 0.5) is 16.5 Å². The number of hydrogen-bond donors (Lipinski definition) is 2. The van der Waals surface area contributed by atoms with Crippen molar-refractivity contribution in [3.05, 3.63) is 65.2 Å². The van der Waals surface area contributed by atoms with E-state index in [0.717, 1.165) is 30.6 Å². The molecule has 2 aromatic carbocycles. The number of thiazole rings is 1. The van der Waals surface area contributed by atoms with E-state index in [9.17, 15) is 13.2 Å². The van der Waals surface area contributed by atoms with Gasteiger partial charge in [-0.1, -0.05) is 25.5 Å². The van der Waals surface area contributed by atoms with Crippen molar-refractivity contribution in [1.82, 2.24) is 4.98 Å². The molecule has 0 fully saturated rings. The van der Waals surface area contributed by atoms with E-state index in [4.69, 9.17) is 0 Å². The van der Waals surface area contributed by atoms with Crippen LogP contribution in [0.1, 0.15) is 31.0 Å². The maximum Gasteiger partial charge on any atom is 0.230 e. The minimum atomic E-state index is -3.22. The number of rotatable bonds is 9. The number of nitrogens with one attached hydrogen (secondary N) is 2. The first-order chi connectivity index (χ1) is 14.3. The van der Waals surface area contributed by atoms with E-state index in [1.54, 1.807) is 24.3 Å². The predicted molar refractivity (Wildman–Crippen MR) is 122 cm³/mol. The minimum Gasteiger partial charge on any atom is -0.332 e. The summed E-state index contributed by atoms with van der Waals surface area (Å²) in [7, 11) is -3.22. The lowest BCUT2D eigenvalue weighted by Gasteiger charge is -2.06. The molecule has 1 amide bonds. The number of sulfone groups is 1. The topological polar surface area (TPSA) is 88.2 Å². The van der Waals surface area contributed by atoms with Crippen LogP contribution in [0.15, 0.2) is 58.8 Å². The fraction of sp³-hybridized carbons (Fsp3) is 0.273. The molecule has 158 valence electrons. The molecule has 0 saturated heterocycles. The summed E-state index contributed by atoms with van der Waals surface area (Å²) in [5.41, 5.74) is 3.46. The Hall–Kier alpha value is -2.71. The molecule has 0 spiro atoms. The zero-order valence-electron chi connectivity index (χ0n) is 17.0. The number of nitrogens with zero attached hydrogens (tertiary/aromatic N) is 1. The Morgan fingerprint density at radius 1 is 1.03 bits per heavy atom. The number of anilines is 3. The molecule has 0 aliphatic heterocycles. The molecule has 1 heterocycles. The SMILES string of the molecule is CCCCc1ccc(NC(=O)Cc2csc(Nc3ccc(S(C)(=O)=O)cc3)n2)cc1. The first kappa shape index (κ1) is 22.0. The third-order valence-electron chi connectivity index (χ3n) is 4.48. The number of hydrogen-bond acceptors (Lipinski definition) is 6. The highest BCUT2D eigenvalue weighted by Gasteiger charge is 2.10. The molecule has 0 saturated carbocycles. The standard InChI is InChI=1S/C22H25N3O3S2/c1-3-4-5-16-6-8-17(9-7-16)23-21(26)14-19-15-29-22(25-19)24-18-10-12-20(13-11-18)30(2,27)28/h6-13,15H,3-5,14H2,1-2H3,(H,23,26)(H,24,25). The molecule has 0 aliphatic rings. The van der Waals surface area contributed by atoms with E-state index in [0.29, 0.717) is 10.8 Å². The van der Waals surface area contributed by atoms with Crippen LogP contribution in [0.5, 0.6) is 0 Å². The van der Waals surface area contributed by atoms with Gasteiger partial charge >= 0.3 is 0 Å². The monoisotopic (exact) mass is 443 g/mol. The Morgan fingerprint density at radius 3 is 2.33 bits per heavy atom. The number of aromatic nitrogens is 1. The normalized spacial score (nSPS) is 11.3. The molecule has 8 heteroatoms. The average Bonchev–Trinajstić information content (AvgIpc) is 3.13. The lowest BCUT2D eigenvalue weighted by Crippen LogP contribution is -2.14. The van der Waals surface area contributed by atoms with E-state index in [1.807, 2.05) is 29.6 Å². The first-order valence-corrected chi connectivity index (χ1v) is 12.5. The lowest BCUT2D eigenvalue weighted by molar-refractivity contribution is -0.115. The third-order valence-corrected chi connectivity index (χ3v) is 6.42. The van der Waals surface area contributed by atoms with Crippen LogP contribution in [0, 0.1) is 0 Å². The van der Waals surface area contributed by atoms with Crippen LogP contribution in [0.3, 0.4) is 0 Å². The van der Waals surface area contributed by atoms with Crippen molar-refractivity contribution in [2.24, 2.45) is 0 Å². The van der Waals surface area contributed by atoms with Crippen molar-refractivity contribution in [2.75, 3.05) is 16.9 Å². The molecule has 0 aliphatic carbocycles. The molecule has 3 rings (SSSR count). The van der Waals surface area contributed by atoms with Crippen LogP contribution in [0.25, 0.3) is 0 Å². The maximum absolute atomic E-state index is 12.3. The smallest absolute Gasteiger partial charge is 0.230 e. The highest BCUT2D eigenvalue weighted by Crippen LogP contribution is 2.23. The van der Waals surface area contributed by atoms with Crippen molar-refractivity contribution in [2.45, 2.75) is 37.5 Å². The number of carbonyl (C=O) groups excluding carboxylic acids is 1. The fourth-order valence-corrected chi connectivity index (χ4v) is 4.22. The average molecular weight is 444 g/mol. The molecule has 30 heavy (non-hydrogen) atoms. The number of amides is 1. The van der Waals surface area contributed by atoms with E-state index in [2.05, 4.69) is 22.5 Å². The molecule has 2 N–H and O–H groups in total. The summed E-state index contributed by atoms with van der Waals surface area (Å²) >= 11 is 1.39. The Morgan fingerprint density at radius 2 is 1.70 bits per heavy atom. The first-order valence-electron chi connectivity index (χ1n) is 9.74. The van der Waals surface area contributed by atoms with Crippen molar-refractivity contribution in [1.29, 1.82) is 0 Å². The zero-order chi connectivity index (χ0) is 21.6. The van der Waals surface area contributed by atoms with Gasteiger partial charge in [0, 0.05) is 23.0 Å². The zero-order valence-corrected chi connectivity index (χ0v) is 18.6. The Balaban J connectivity index is 1.54. The van der Waals surface area contributed by atoms with Gasteiger partial charge in [-0.05, 0) is 54.8 Å². The Kier molecular flexibility index (Phi) is 7.23. The summed E-state index contributed by atoms with van der Waals surface area (Å²) in [5, 5.41) is 8.51. The van der Waals surface area contributed by atoms with Crippen molar-refractivity contribution in [3.8, 4) is 0 Å². The second kappa shape index (κ2) is 9.86. The third kappa shape index (κ3) is 6.40. The summed E-state index contributed by atoms with van der Waals surface area (Å²) in [5.74, 6) is -0.120. The molecule has 0 atom stereocenters. The van der Waals surface area contributed by atoms with E-state index in [1.165, 1.54) is 23.2 Å². The molecule has 3 aromatic rings. The van der Waals surface area contributed by atoms with Gasteiger partial charge in [-0.15, -0.1) is 11.3 Å². The summed E-state index contributed by atoms with van der Waals surface area (Å²) in [4.78, 5) is 17.0. The van der Waals surface area contributed by atoms with E-state index >= 15 is 0 Å². The largest absolute Gasteiger partial charge is 0.332 e. The van der Waals surface area contributed by atoms with Gasteiger partial charge in [0.05, 0.1) is 17.0 Å². The molecule has 6 nitrogen and oxygen atoms in total. The van der Waals surface area contributed by atoms with Crippen molar-refractivity contribution < 1.29 is 13.2 Å². The molecule has 0 unspecified atom stereocenters. The maximum atomic E-state index is 12.3. The molecule has 0 bridgehead atoms. The van der Waals surface area contributed by atoms with Gasteiger partial charge in [0.2, 0.25) is 5.91 Å². The van der Waals surface area contributed by atoms with Crippen LogP contribution in [0.2, 0.25) is 0 Å². The van der Waals surface area contributed by atoms with Crippen LogP contribution >= 0.6 is 11.3 Å². The molecule has 1 aromatic heterocycles. The van der Waals surface area contributed by atoms with Gasteiger partial charge in [-0.25, -0.2) is 13.4 Å². The molecular weight excluding hydrogens is 418 g/mol. The fourth-order valence-electron chi connectivity index (χ4n) is 2.86. The van der Waals surface area contributed by atoms with Gasteiger partial charge in [0.25, 0.3) is 0 Å². The second-order valence-electron chi connectivity index (χ2n) is 7.09. The molecule has 0 radical (unpaired) electrons. The Bertz CT molecular complexity index is 1090. The van der Waals surface area contributed by atoms with Crippen LogP contribution < -0.4 is 10.6 Å². The highest BCUT2D eigenvalue weighted by atomic mass is 32.2. The Labute approximate surface area is 181 Å². The summed E-state index contributed by atoms with van der Waals surface area (Å²) in [6.07, 6.45) is 4.73. The highest BCUT2D eigenvalue weighted by molar-refractivity contribution is 7.90. The quantitative estimate of drug-likeness (QED) is 0.495. The van der Waals surface area contributed by atoms with Gasteiger partial charge in [-0.2, -0.15) is 0 Å². The summed E-state index contributed by atoms with van der Waals surface area (Å²) in [6, 6.07) is 14.4.